The number of hydrogen-bond donors (Lipinski definition) is 2. The van der Waals surface area contributed by atoms with E-state index in [1.807, 2.05) is 60.8 Å². The molecule has 7 heteroatoms. The third-order valence-corrected chi connectivity index (χ3v) is 5.81. The number of amides is 2. The van der Waals surface area contributed by atoms with Crippen LogP contribution in [0.3, 0.4) is 0 Å². The molecular formula is C25H25N3O3S. The average Bonchev–Trinajstić information content (AvgIpc) is 3.57. The van der Waals surface area contributed by atoms with Crippen molar-refractivity contribution in [3.8, 4) is 5.75 Å². The molecular weight excluding hydrogens is 422 g/mol. The third-order valence-electron chi connectivity index (χ3n) is 4.98. The van der Waals surface area contributed by atoms with E-state index in [1.165, 1.54) is 6.08 Å². The quantitative estimate of drug-likeness (QED) is 0.466. The van der Waals surface area contributed by atoms with Gasteiger partial charge in [-0.3, -0.25) is 9.59 Å². The van der Waals surface area contributed by atoms with Gasteiger partial charge in [-0.25, -0.2) is 4.98 Å². The van der Waals surface area contributed by atoms with Crippen molar-refractivity contribution < 1.29 is 14.3 Å². The first kappa shape index (κ1) is 21.8. The maximum atomic E-state index is 12.3. The minimum Gasteiger partial charge on any atom is -0.487 e. The summed E-state index contributed by atoms with van der Waals surface area (Å²) < 4.78 is 5.89. The number of rotatable bonds is 9. The molecule has 1 aliphatic carbocycles. The maximum absolute atomic E-state index is 12.3. The lowest BCUT2D eigenvalue weighted by molar-refractivity contribution is -0.117. The molecule has 0 bridgehead atoms. The van der Waals surface area contributed by atoms with Gasteiger partial charge >= 0.3 is 0 Å². The Balaban J connectivity index is 1.30. The number of benzene rings is 2. The highest BCUT2D eigenvalue weighted by Crippen LogP contribution is 2.30. The first-order valence-electron chi connectivity index (χ1n) is 10.6. The number of para-hydroxylation sites is 1. The number of hydrogen-bond acceptors (Lipinski definition) is 5. The molecule has 32 heavy (non-hydrogen) atoms. The van der Waals surface area contributed by atoms with E-state index >= 15 is 0 Å². The molecule has 0 saturated heterocycles. The summed E-state index contributed by atoms with van der Waals surface area (Å²) in [5, 5.41) is 8.79. The number of nitrogens with one attached hydrogen (secondary N) is 2. The van der Waals surface area contributed by atoms with Crippen LogP contribution in [0.2, 0.25) is 0 Å². The Bertz CT molecular complexity index is 1130. The number of aromatic nitrogens is 1. The molecule has 1 aromatic heterocycles. The molecule has 2 amide bonds. The van der Waals surface area contributed by atoms with Crippen LogP contribution in [0.4, 0.5) is 5.69 Å². The second-order valence-electron chi connectivity index (χ2n) is 7.70. The van der Waals surface area contributed by atoms with Crippen molar-refractivity contribution in [2.24, 2.45) is 5.92 Å². The van der Waals surface area contributed by atoms with Crippen LogP contribution in [0.5, 0.6) is 5.75 Å². The molecule has 1 aliphatic rings. The standard InChI is InChI=1S/C25H25N3O3S/c1-17-27-22(16-32-17)15-31-23-8-3-2-6-19(23)11-12-24(29)26-14-18-5-4-7-21(13-18)28-25(30)20-9-10-20/h2-8,11-13,16,20H,9-10,14-15H2,1H3,(H,26,29)(H,28,30)/b12-11+. The molecule has 0 radical (unpaired) electrons. The first-order valence-corrected chi connectivity index (χ1v) is 11.4. The van der Waals surface area contributed by atoms with Gasteiger partial charge in [0.05, 0.1) is 10.7 Å². The number of aryl methyl sites for hydroxylation is 1. The zero-order chi connectivity index (χ0) is 22.3. The van der Waals surface area contributed by atoms with Gasteiger partial charge in [0.15, 0.2) is 0 Å². The summed E-state index contributed by atoms with van der Waals surface area (Å²) >= 11 is 1.59. The summed E-state index contributed by atoms with van der Waals surface area (Å²) in [4.78, 5) is 28.7. The van der Waals surface area contributed by atoms with Crippen molar-refractivity contribution in [2.75, 3.05) is 5.32 Å². The molecule has 4 rings (SSSR count). The fourth-order valence-corrected chi connectivity index (χ4v) is 3.74. The SMILES string of the molecule is Cc1nc(COc2ccccc2/C=C/C(=O)NCc2cccc(NC(=O)C3CC3)c2)cs1. The smallest absolute Gasteiger partial charge is 0.244 e. The Morgan fingerprint density at radius 2 is 2.03 bits per heavy atom. The fraction of sp³-hybridized carbons (Fsp3) is 0.240. The number of carbonyl (C=O) groups excluding carboxylic acids is 2. The van der Waals surface area contributed by atoms with Gasteiger partial charge in [-0.1, -0.05) is 30.3 Å². The predicted octanol–water partition coefficient (Wildman–Crippen LogP) is 4.71. The third kappa shape index (κ3) is 6.28. The Kier molecular flexibility index (Phi) is 6.97. The Morgan fingerprint density at radius 3 is 2.81 bits per heavy atom. The minimum absolute atomic E-state index is 0.0694. The molecule has 1 saturated carbocycles. The second kappa shape index (κ2) is 10.2. The highest BCUT2D eigenvalue weighted by Gasteiger charge is 2.29. The van der Waals surface area contributed by atoms with Crippen molar-refractivity contribution in [1.82, 2.24) is 10.3 Å². The summed E-state index contributed by atoms with van der Waals surface area (Å²) in [5.41, 5.74) is 3.38. The molecule has 0 unspecified atom stereocenters. The van der Waals surface area contributed by atoms with Crippen LogP contribution in [0.25, 0.3) is 6.08 Å². The molecule has 2 N–H and O–H groups in total. The Labute approximate surface area is 191 Å². The van der Waals surface area contributed by atoms with E-state index in [0.29, 0.717) is 18.9 Å². The average molecular weight is 448 g/mol. The predicted molar refractivity (Wildman–Crippen MR) is 126 cm³/mol. The lowest BCUT2D eigenvalue weighted by Crippen LogP contribution is -2.20. The minimum atomic E-state index is -0.206. The summed E-state index contributed by atoms with van der Waals surface area (Å²) in [6, 6.07) is 15.1. The number of thiazole rings is 1. The van der Waals surface area contributed by atoms with Crippen LogP contribution in [0.1, 0.15) is 34.7 Å². The van der Waals surface area contributed by atoms with E-state index in [1.54, 1.807) is 17.4 Å². The van der Waals surface area contributed by atoms with Gasteiger partial charge < -0.3 is 15.4 Å². The van der Waals surface area contributed by atoms with Gasteiger partial charge in [0.1, 0.15) is 12.4 Å². The van der Waals surface area contributed by atoms with E-state index in [0.717, 1.165) is 40.4 Å². The van der Waals surface area contributed by atoms with E-state index in [4.69, 9.17) is 4.74 Å². The molecule has 1 fully saturated rings. The van der Waals surface area contributed by atoms with Crippen molar-refractivity contribution >= 4 is 34.9 Å². The zero-order valence-electron chi connectivity index (χ0n) is 17.8. The summed E-state index contributed by atoms with van der Waals surface area (Å²) in [5.74, 6) is 0.713. The lowest BCUT2D eigenvalue weighted by atomic mass is 10.1. The molecule has 164 valence electrons. The van der Waals surface area contributed by atoms with Crippen molar-refractivity contribution in [3.63, 3.8) is 0 Å². The van der Waals surface area contributed by atoms with Crippen LogP contribution in [-0.2, 0) is 22.7 Å². The number of ether oxygens (including phenoxy) is 1. The Hall–Kier alpha value is -3.45. The summed E-state index contributed by atoms with van der Waals surface area (Å²) in [6.45, 7) is 2.72. The molecule has 1 heterocycles. The van der Waals surface area contributed by atoms with Crippen molar-refractivity contribution in [3.05, 3.63) is 81.8 Å². The zero-order valence-corrected chi connectivity index (χ0v) is 18.7. The van der Waals surface area contributed by atoms with Gasteiger partial charge in [0.25, 0.3) is 0 Å². The first-order chi connectivity index (χ1) is 15.6. The summed E-state index contributed by atoms with van der Waals surface area (Å²) in [7, 11) is 0. The largest absolute Gasteiger partial charge is 0.487 e. The molecule has 0 aliphatic heterocycles. The number of nitrogens with zero attached hydrogens (tertiary/aromatic N) is 1. The topological polar surface area (TPSA) is 80.3 Å². The monoisotopic (exact) mass is 447 g/mol. The van der Waals surface area contributed by atoms with E-state index < -0.39 is 0 Å². The molecule has 3 aromatic rings. The molecule has 6 nitrogen and oxygen atoms in total. The number of carbonyl (C=O) groups is 2. The fourth-order valence-electron chi connectivity index (χ4n) is 3.14. The van der Waals surface area contributed by atoms with Gasteiger partial charge in [0, 0.05) is 35.2 Å². The van der Waals surface area contributed by atoms with Crippen molar-refractivity contribution in [2.45, 2.75) is 32.9 Å². The molecule has 2 aromatic carbocycles. The van der Waals surface area contributed by atoms with Crippen LogP contribution < -0.4 is 15.4 Å². The Morgan fingerprint density at radius 1 is 1.19 bits per heavy atom. The van der Waals surface area contributed by atoms with E-state index in [9.17, 15) is 9.59 Å². The van der Waals surface area contributed by atoms with Crippen LogP contribution in [0.15, 0.2) is 60.0 Å². The lowest BCUT2D eigenvalue weighted by Gasteiger charge is -2.08. The summed E-state index contributed by atoms with van der Waals surface area (Å²) in [6.07, 6.45) is 5.16. The van der Waals surface area contributed by atoms with Crippen LogP contribution in [-0.4, -0.2) is 16.8 Å². The number of anilines is 1. The van der Waals surface area contributed by atoms with Gasteiger partial charge in [-0.15, -0.1) is 11.3 Å². The van der Waals surface area contributed by atoms with Crippen LogP contribution >= 0.6 is 11.3 Å². The van der Waals surface area contributed by atoms with Gasteiger partial charge in [-0.2, -0.15) is 0 Å². The normalized spacial score (nSPS) is 13.2. The van der Waals surface area contributed by atoms with E-state index in [2.05, 4.69) is 15.6 Å². The highest BCUT2D eigenvalue weighted by atomic mass is 32.1. The van der Waals surface area contributed by atoms with E-state index in [-0.39, 0.29) is 17.7 Å². The molecule has 0 atom stereocenters. The van der Waals surface area contributed by atoms with Crippen molar-refractivity contribution in [1.29, 1.82) is 0 Å². The van der Waals surface area contributed by atoms with Gasteiger partial charge in [-0.05, 0) is 49.6 Å². The molecule has 0 spiro atoms. The van der Waals surface area contributed by atoms with Crippen LogP contribution in [0, 0.1) is 12.8 Å². The second-order valence-corrected chi connectivity index (χ2v) is 8.76. The maximum Gasteiger partial charge on any atom is 0.244 e. The van der Waals surface area contributed by atoms with Gasteiger partial charge in [0.2, 0.25) is 11.8 Å². The highest BCUT2D eigenvalue weighted by molar-refractivity contribution is 7.09.